The van der Waals surface area contributed by atoms with Gasteiger partial charge in [0.1, 0.15) is 0 Å². The first-order valence-corrected chi connectivity index (χ1v) is 8.03. The molecule has 0 saturated carbocycles. The van der Waals surface area contributed by atoms with Crippen molar-refractivity contribution in [2.24, 2.45) is 0 Å². The molecule has 1 saturated heterocycles. The lowest BCUT2D eigenvalue weighted by Crippen LogP contribution is -2.42. The number of rotatable bonds is 4. The highest BCUT2D eigenvalue weighted by Gasteiger charge is 2.20. The van der Waals surface area contributed by atoms with Crippen LogP contribution in [0.5, 0.6) is 0 Å². The van der Waals surface area contributed by atoms with E-state index < -0.39 is 0 Å². The van der Waals surface area contributed by atoms with Crippen molar-refractivity contribution in [1.29, 1.82) is 0 Å². The molecule has 17 heavy (non-hydrogen) atoms. The van der Waals surface area contributed by atoms with E-state index in [0.717, 1.165) is 0 Å². The summed E-state index contributed by atoms with van der Waals surface area (Å²) in [5.74, 6) is 0. The molecule has 1 atom stereocenters. The summed E-state index contributed by atoms with van der Waals surface area (Å²) >= 11 is 5.36. The lowest BCUT2D eigenvalue weighted by atomic mass is 10.0. The molecule has 4 heteroatoms. The molecule has 2 heterocycles. The molecule has 0 aromatic carbocycles. The first kappa shape index (κ1) is 13.5. The van der Waals surface area contributed by atoms with Gasteiger partial charge in [-0.15, -0.1) is 11.3 Å². The topological polar surface area (TPSA) is 15.3 Å². The average Bonchev–Trinajstić information content (AvgIpc) is 2.77. The second-order valence-corrected chi connectivity index (χ2v) is 7.23. The van der Waals surface area contributed by atoms with Crippen LogP contribution in [0.2, 0.25) is 0 Å². The molecular formula is C13H21BrN2S. The van der Waals surface area contributed by atoms with Crippen molar-refractivity contribution in [2.45, 2.75) is 38.8 Å². The zero-order valence-electron chi connectivity index (χ0n) is 10.6. The maximum Gasteiger partial charge on any atom is 0.0701 e. The van der Waals surface area contributed by atoms with Gasteiger partial charge in [-0.05, 0) is 67.5 Å². The van der Waals surface area contributed by atoms with E-state index in [1.165, 1.54) is 41.1 Å². The van der Waals surface area contributed by atoms with Crippen molar-refractivity contribution in [3.05, 3.63) is 20.8 Å². The van der Waals surface area contributed by atoms with Gasteiger partial charge in [0.25, 0.3) is 0 Å². The summed E-state index contributed by atoms with van der Waals surface area (Å²) in [5.41, 5.74) is 0. The average molecular weight is 317 g/mol. The molecular weight excluding hydrogens is 296 g/mol. The molecule has 0 radical (unpaired) electrons. The van der Waals surface area contributed by atoms with E-state index in [4.69, 9.17) is 0 Å². The normalized spacial score (nSPS) is 20.6. The Morgan fingerprint density at radius 1 is 1.47 bits per heavy atom. The Morgan fingerprint density at radius 3 is 2.71 bits per heavy atom. The molecule has 1 N–H and O–H groups in total. The lowest BCUT2D eigenvalue weighted by molar-refractivity contribution is 0.200. The maximum atomic E-state index is 3.76. The van der Waals surface area contributed by atoms with Crippen LogP contribution in [0.4, 0.5) is 0 Å². The Kier molecular flexibility index (Phi) is 5.03. The van der Waals surface area contributed by atoms with Gasteiger partial charge < -0.3 is 10.2 Å². The molecule has 96 valence electrons. The number of piperidine rings is 1. The Bertz CT molecular complexity index is 345. The van der Waals surface area contributed by atoms with Crippen molar-refractivity contribution in [1.82, 2.24) is 10.2 Å². The van der Waals surface area contributed by atoms with Gasteiger partial charge in [0.15, 0.2) is 0 Å². The van der Waals surface area contributed by atoms with E-state index in [1.807, 2.05) is 11.3 Å². The molecule has 1 aliphatic heterocycles. The first-order chi connectivity index (χ1) is 8.19. The van der Waals surface area contributed by atoms with Crippen LogP contribution in [-0.2, 0) is 0 Å². The van der Waals surface area contributed by atoms with Gasteiger partial charge in [0.2, 0.25) is 0 Å². The highest BCUT2D eigenvalue weighted by atomic mass is 79.9. The highest BCUT2D eigenvalue weighted by Crippen LogP contribution is 2.28. The van der Waals surface area contributed by atoms with Crippen molar-refractivity contribution in [2.75, 3.05) is 19.6 Å². The summed E-state index contributed by atoms with van der Waals surface area (Å²) in [4.78, 5) is 3.96. The Morgan fingerprint density at radius 2 is 2.18 bits per heavy atom. The van der Waals surface area contributed by atoms with Crippen molar-refractivity contribution in [3.63, 3.8) is 0 Å². The zero-order chi connectivity index (χ0) is 12.3. The van der Waals surface area contributed by atoms with Gasteiger partial charge in [0, 0.05) is 17.0 Å². The predicted molar refractivity (Wildman–Crippen MR) is 78.7 cm³/mol. The second kappa shape index (κ2) is 6.32. The van der Waals surface area contributed by atoms with E-state index in [-0.39, 0.29) is 0 Å². The number of thiophene rings is 1. The van der Waals surface area contributed by atoms with Crippen LogP contribution in [0.1, 0.15) is 37.6 Å². The Balaban J connectivity index is 1.81. The van der Waals surface area contributed by atoms with Crippen LogP contribution in [0.15, 0.2) is 15.9 Å². The van der Waals surface area contributed by atoms with Crippen LogP contribution in [-0.4, -0.2) is 30.6 Å². The minimum absolute atomic E-state index is 0.476. The van der Waals surface area contributed by atoms with Crippen molar-refractivity contribution >= 4 is 27.3 Å². The summed E-state index contributed by atoms with van der Waals surface area (Å²) in [5, 5.41) is 3.76. The maximum absolute atomic E-state index is 3.76. The third-order valence-electron chi connectivity index (χ3n) is 3.54. The van der Waals surface area contributed by atoms with E-state index in [2.05, 4.69) is 52.1 Å². The van der Waals surface area contributed by atoms with Gasteiger partial charge in [-0.2, -0.15) is 0 Å². The lowest BCUT2D eigenvalue weighted by Gasteiger charge is -2.33. The third-order valence-corrected chi connectivity index (χ3v) is 5.35. The van der Waals surface area contributed by atoms with E-state index in [9.17, 15) is 0 Å². The fraction of sp³-hybridized carbons (Fsp3) is 0.692. The van der Waals surface area contributed by atoms with Crippen LogP contribution < -0.4 is 5.32 Å². The monoisotopic (exact) mass is 316 g/mol. The molecule has 1 aromatic rings. The number of nitrogens with zero attached hydrogens (tertiary/aromatic N) is 1. The van der Waals surface area contributed by atoms with Crippen molar-refractivity contribution < 1.29 is 0 Å². The standard InChI is InChI=1S/C13H21BrN2S/c1-3-16-8-6-11(7-9-16)15-10(2)12-4-5-13(14)17-12/h4-5,10-11,15H,3,6-9H2,1-2H3. The first-order valence-electron chi connectivity index (χ1n) is 6.42. The van der Waals surface area contributed by atoms with Gasteiger partial charge in [-0.25, -0.2) is 0 Å². The van der Waals surface area contributed by atoms with Crippen LogP contribution >= 0.6 is 27.3 Å². The summed E-state index contributed by atoms with van der Waals surface area (Å²) in [6.45, 7) is 8.20. The third kappa shape index (κ3) is 3.78. The van der Waals surface area contributed by atoms with Gasteiger partial charge in [-0.1, -0.05) is 6.92 Å². The number of halogens is 1. The SMILES string of the molecule is CCN1CCC(NC(C)c2ccc(Br)s2)CC1. The van der Waals surface area contributed by atoms with E-state index in [0.29, 0.717) is 12.1 Å². The molecule has 1 unspecified atom stereocenters. The molecule has 0 aliphatic carbocycles. The Hall–Kier alpha value is 0.1000. The zero-order valence-corrected chi connectivity index (χ0v) is 13.0. The number of nitrogens with one attached hydrogen (secondary N) is 1. The summed E-state index contributed by atoms with van der Waals surface area (Å²) in [7, 11) is 0. The molecule has 1 fully saturated rings. The summed E-state index contributed by atoms with van der Waals surface area (Å²) < 4.78 is 1.22. The second-order valence-electron chi connectivity index (χ2n) is 4.74. The van der Waals surface area contributed by atoms with Crippen molar-refractivity contribution in [3.8, 4) is 0 Å². The smallest absolute Gasteiger partial charge is 0.0701 e. The van der Waals surface area contributed by atoms with Crippen LogP contribution in [0.25, 0.3) is 0 Å². The van der Waals surface area contributed by atoms with E-state index in [1.54, 1.807) is 0 Å². The number of hydrogen-bond donors (Lipinski definition) is 1. The molecule has 1 aromatic heterocycles. The molecule has 1 aliphatic rings. The highest BCUT2D eigenvalue weighted by molar-refractivity contribution is 9.11. The predicted octanol–water partition coefficient (Wildman–Crippen LogP) is 3.65. The molecule has 0 amide bonds. The molecule has 0 spiro atoms. The minimum atomic E-state index is 0.476. The number of hydrogen-bond acceptors (Lipinski definition) is 3. The minimum Gasteiger partial charge on any atom is -0.307 e. The quantitative estimate of drug-likeness (QED) is 0.912. The fourth-order valence-corrected chi connectivity index (χ4v) is 3.85. The van der Waals surface area contributed by atoms with Gasteiger partial charge in [0.05, 0.1) is 3.79 Å². The van der Waals surface area contributed by atoms with E-state index >= 15 is 0 Å². The Labute approximate surface area is 117 Å². The summed E-state index contributed by atoms with van der Waals surface area (Å²) in [6.07, 6.45) is 2.56. The largest absolute Gasteiger partial charge is 0.307 e. The van der Waals surface area contributed by atoms with Crippen LogP contribution in [0.3, 0.4) is 0 Å². The summed E-state index contributed by atoms with van der Waals surface area (Å²) in [6, 6.07) is 5.52. The molecule has 2 nitrogen and oxygen atoms in total. The molecule has 0 bridgehead atoms. The van der Waals surface area contributed by atoms with Crippen LogP contribution in [0, 0.1) is 0 Å². The number of likely N-dealkylation sites (tertiary alicyclic amines) is 1. The fourth-order valence-electron chi connectivity index (χ4n) is 2.41. The van der Waals surface area contributed by atoms with Gasteiger partial charge >= 0.3 is 0 Å². The molecule has 2 rings (SSSR count). The van der Waals surface area contributed by atoms with Gasteiger partial charge in [-0.3, -0.25) is 0 Å².